The van der Waals surface area contributed by atoms with Crippen LogP contribution in [0.4, 0.5) is 0 Å². The van der Waals surface area contributed by atoms with Gasteiger partial charge in [-0.3, -0.25) is 4.98 Å². The van der Waals surface area contributed by atoms with Crippen molar-refractivity contribution in [3.63, 3.8) is 0 Å². The van der Waals surface area contributed by atoms with Crippen LogP contribution in [-0.2, 0) is 0 Å². The van der Waals surface area contributed by atoms with Gasteiger partial charge in [-0.2, -0.15) is 0 Å². The first kappa shape index (κ1) is 13.3. The summed E-state index contributed by atoms with van der Waals surface area (Å²) in [5.41, 5.74) is 2.24. The third kappa shape index (κ3) is 1.99. The van der Waals surface area contributed by atoms with Gasteiger partial charge in [0.05, 0.1) is 5.69 Å². The summed E-state index contributed by atoms with van der Waals surface area (Å²) in [6, 6.07) is 30.0. The lowest BCUT2D eigenvalue weighted by Gasteiger charge is -2.10. The fourth-order valence-corrected chi connectivity index (χ4v) is 3.51. The average Bonchev–Trinajstić information content (AvgIpc) is 2.65. The molecule has 0 spiro atoms. The van der Waals surface area contributed by atoms with Crippen molar-refractivity contribution in [1.82, 2.24) is 4.98 Å². The molecule has 0 radical (unpaired) electrons. The lowest BCUT2D eigenvalue weighted by atomic mass is 9.96. The van der Waals surface area contributed by atoms with E-state index < -0.39 is 0 Å². The van der Waals surface area contributed by atoms with Crippen LogP contribution in [0.5, 0.6) is 0 Å². The van der Waals surface area contributed by atoms with Crippen LogP contribution in [0.2, 0.25) is 0 Å². The van der Waals surface area contributed by atoms with E-state index in [1.807, 2.05) is 6.20 Å². The van der Waals surface area contributed by atoms with E-state index in [0.29, 0.717) is 0 Å². The molecule has 0 aliphatic carbocycles. The van der Waals surface area contributed by atoms with Crippen LogP contribution in [0.3, 0.4) is 0 Å². The summed E-state index contributed by atoms with van der Waals surface area (Å²) in [5, 5.41) is 7.45. The minimum Gasteiger partial charge on any atom is -0.256 e. The maximum absolute atomic E-state index is 4.71. The molecule has 1 heteroatoms. The van der Waals surface area contributed by atoms with E-state index in [4.69, 9.17) is 4.98 Å². The number of rotatable bonds is 1. The van der Waals surface area contributed by atoms with Crippen LogP contribution < -0.4 is 0 Å². The van der Waals surface area contributed by atoms with Gasteiger partial charge >= 0.3 is 0 Å². The van der Waals surface area contributed by atoms with E-state index >= 15 is 0 Å². The quantitative estimate of drug-likeness (QED) is 0.336. The summed E-state index contributed by atoms with van der Waals surface area (Å²) in [6.45, 7) is 0. The smallest absolute Gasteiger partial charge is 0.0786 e. The number of benzene rings is 4. The highest BCUT2D eigenvalue weighted by atomic mass is 14.7. The van der Waals surface area contributed by atoms with Gasteiger partial charge in [-0.05, 0) is 45.1 Å². The highest BCUT2D eigenvalue weighted by Gasteiger charge is 2.09. The summed E-state index contributed by atoms with van der Waals surface area (Å²) >= 11 is 0. The maximum Gasteiger partial charge on any atom is 0.0786 e. The SMILES string of the molecule is c1ccc2cc3c(-c4nccc5ccccc45)cccc3cc2c1. The van der Waals surface area contributed by atoms with Crippen molar-refractivity contribution in [2.45, 2.75) is 0 Å². The summed E-state index contributed by atoms with van der Waals surface area (Å²) in [6.07, 6.45) is 1.90. The molecule has 0 saturated heterocycles. The molecule has 0 bridgehead atoms. The first-order valence-corrected chi connectivity index (χ1v) is 8.16. The summed E-state index contributed by atoms with van der Waals surface area (Å²) in [5.74, 6) is 0. The fourth-order valence-electron chi connectivity index (χ4n) is 3.51. The normalized spacial score (nSPS) is 11.3. The number of fused-ring (bicyclic) bond motifs is 3. The molecule has 0 atom stereocenters. The average molecular weight is 305 g/mol. The van der Waals surface area contributed by atoms with Crippen molar-refractivity contribution in [1.29, 1.82) is 0 Å². The molecule has 0 saturated carbocycles. The van der Waals surface area contributed by atoms with E-state index in [2.05, 4.69) is 84.9 Å². The van der Waals surface area contributed by atoms with Crippen molar-refractivity contribution in [2.75, 3.05) is 0 Å². The van der Waals surface area contributed by atoms with E-state index in [1.165, 1.54) is 37.9 Å². The Balaban J connectivity index is 1.90. The molecule has 5 aromatic rings. The Morgan fingerprint density at radius 2 is 1.21 bits per heavy atom. The van der Waals surface area contributed by atoms with Gasteiger partial charge in [-0.25, -0.2) is 0 Å². The third-order valence-electron chi connectivity index (χ3n) is 4.68. The molecule has 24 heavy (non-hydrogen) atoms. The summed E-state index contributed by atoms with van der Waals surface area (Å²) < 4.78 is 0. The highest BCUT2D eigenvalue weighted by Crippen LogP contribution is 2.34. The molecule has 1 heterocycles. The zero-order chi connectivity index (χ0) is 15.9. The van der Waals surface area contributed by atoms with Crippen molar-refractivity contribution in [3.05, 3.63) is 91.1 Å². The van der Waals surface area contributed by atoms with Crippen LogP contribution >= 0.6 is 0 Å². The molecule has 112 valence electrons. The van der Waals surface area contributed by atoms with E-state index in [0.717, 1.165) is 5.69 Å². The number of pyridine rings is 1. The number of aromatic nitrogens is 1. The molecule has 0 aliphatic heterocycles. The second-order valence-corrected chi connectivity index (χ2v) is 6.11. The van der Waals surface area contributed by atoms with Crippen LogP contribution in [0.25, 0.3) is 43.6 Å². The van der Waals surface area contributed by atoms with Crippen LogP contribution in [0.1, 0.15) is 0 Å². The molecule has 0 amide bonds. The first-order valence-electron chi connectivity index (χ1n) is 8.16. The minimum atomic E-state index is 1.05. The Bertz CT molecular complexity index is 1200. The van der Waals surface area contributed by atoms with Crippen molar-refractivity contribution >= 4 is 32.3 Å². The first-order chi connectivity index (χ1) is 11.9. The van der Waals surface area contributed by atoms with Gasteiger partial charge in [-0.1, -0.05) is 66.7 Å². The molecule has 1 aromatic heterocycles. The van der Waals surface area contributed by atoms with Gasteiger partial charge in [0.2, 0.25) is 0 Å². The monoisotopic (exact) mass is 305 g/mol. The second kappa shape index (κ2) is 5.17. The predicted octanol–water partition coefficient (Wildman–Crippen LogP) is 6.21. The minimum absolute atomic E-state index is 1.05. The van der Waals surface area contributed by atoms with Gasteiger partial charge in [0.15, 0.2) is 0 Å². The maximum atomic E-state index is 4.71. The van der Waals surface area contributed by atoms with Gasteiger partial charge in [0.25, 0.3) is 0 Å². The third-order valence-corrected chi connectivity index (χ3v) is 4.68. The molecular formula is C23H15N. The zero-order valence-electron chi connectivity index (χ0n) is 13.1. The largest absolute Gasteiger partial charge is 0.256 e. The van der Waals surface area contributed by atoms with Crippen molar-refractivity contribution in [3.8, 4) is 11.3 Å². The lowest BCUT2D eigenvalue weighted by molar-refractivity contribution is 1.36. The molecule has 5 rings (SSSR count). The van der Waals surface area contributed by atoms with E-state index in [1.54, 1.807) is 0 Å². The predicted molar refractivity (Wildman–Crippen MR) is 102 cm³/mol. The Hall–Kier alpha value is -3.19. The van der Waals surface area contributed by atoms with E-state index in [-0.39, 0.29) is 0 Å². The molecule has 4 aromatic carbocycles. The second-order valence-electron chi connectivity index (χ2n) is 6.11. The lowest BCUT2D eigenvalue weighted by Crippen LogP contribution is -1.88. The number of nitrogens with zero attached hydrogens (tertiary/aromatic N) is 1. The fraction of sp³-hybridized carbons (Fsp3) is 0. The Labute approximate surface area is 140 Å². The zero-order valence-corrected chi connectivity index (χ0v) is 13.1. The Morgan fingerprint density at radius 3 is 2.08 bits per heavy atom. The van der Waals surface area contributed by atoms with Crippen molar-refractivity contribution in [2.24, 2.45) is 0 Å². The molecule has 1 nitrogen and oxygen atoms in total. The van der Waals surface area contributed by atoms with Gasteiger partial charge in [0, 0.05) is 17.1 Å². The molecule has 0 unspecified atom stereocenters. The van der Waals surface area contributed by atoms with Crippen LogP contribution in [-0.4, -0.2) is 4.98 Å². The van der Waals surface area contributed by atoms with Crippen LogP contribution in [0.15, 0.2) is 91.1 Å². The Morgan fingerprint density at radius 1 is 0.500 bits per heavy atom. The van der Waals surface area contributed by atoms with Crippen LogP contribution in [0, 0.1) is 0 Å². The van der Waals surface area contributed by atoms with E-state index in [9.17, 15) is 0 Å². The summed E-state index contributed by atoms with van der Waals surface area (Å²) in [4.78, 5) is 4.71. The molecule has 0 aliphatic rings. The van der Waals surface area contributed by atoms with Crippen molar-refractivity contribution < 1.29 is 0 Å². The topological polar surface area (TPSA) is 12.9 Å². The number of hydrogen-bond acceptors (Lipinski definition) is 1. The number of hydrogen-bond donors (Lipinski definition) is 0. The summed E-state index contributed by atoms with van der Waals surface area (Å²) in [7, 11) is 0. The van der Waals surface area contributed by atoms with Gasteiger partial charge in [-0.15, -0.1) is 0 Å². The molecular weight excluding hydrogens is 290 g/mol. The standard InChI is InChI=1S/C23H15N/c1-2-8-18-15-22-19(14-17(18)7-1)9-5-11-21(22)23-20-10-4-3-6-16(20)12-13-24-23/h1-15H. The highest BCUT2D eigenvalue weighted by molar-refractivity contribution is 6.08. The van der Waals surface area contributed by atoms with Gasteiger partial charge in [0.1, 0.15) is 0 Å². The molecule has 0 N–H and O–H groups in total. The van der Waals surface area contributed by atoms with Gasteiger partial charge < -0.3 is 0 Å². The molecule has 0 fully saturated rings. The Kier molecular flexibility index (Phi) is 2.86.